The minimum absolute atomic E-state index is 0. The van der Waals surface area contributed by atoms with E-state index in [-0.39, 0.29) is 28.9 Å². The maximum atomic E-state index is 10.1. The summed E-state index contributed by atoms with van der Waals surface area (Å²) in [4.78, 5) is 19.8. The SMILES string of the molecule is NCC(N)OC(=O)C(=O)[O-].[Ag+]. The second-order valence-electron chi connectivity index (χ2n) is 1.47. The molecule has 0 heterocycles. The van der Waals surface area contributed by atoms with E-state index in [1.807, 2.05) is 0 Å². The summed E-state index contributed by atoms with van der Waals surface area (Å²) < 4.78 is 4.01. The van der Waals surface area contributed by atoms with Gasteiger partial charge in [-0.1, -0.05) is 0 Å². The van der Waals surface area contributed by atoms with Gasteiger partial charge in [0.15, 0.2) is 12.2 Å². The first-order valence-corrected chi connectivity index (χ1v) is 2.45. The second-order valence-corrected chi connectivity index (χ2v) is 1.47. The minimum Gasteiger partial charge on any atom is -0.539 e. The fraction of sp³-hybridized carbons (Fsp3) is 0.500. The van der Waals surface area contributed by atoms with E-state index in [0.717, 1.165) is 0 Å². The Morgan fingerprint density at radius 3 is 2.27 bits per heavy atom. The minimum atomic E-state index is -1.93. The van der Waals surface area contributed by atoms with E-state index in [0.29, 0.717) is 0 Å². The van der Waals surface area contributed by atoms with Gasteiger partial charge in [-0.3, -0.25) is 5.73 Å². The molecular formula is C4H7AgN2O4. The zero-order chi connectivity index (χ0) is 8.15. The van der Waals surface area contributed by atoms with Crippen LogP contribution in [0, 0.1) is 0 Å². The van der Waals surface area contributed by atoms with Crippen LogP contribution < -0.4 is 16.6 Å². The van der Waals surface area contributed by atoms with E-state index in [1.165, 1.54) is 0 Å². The molecule has 11 heavy (non-hydrogen) atoms. The molecule has 68 valence electrons. The van der Waals surface area contributed by atoms with Crippen LogP contribution in [0.25, 0.3) is 0 Å². The molecule has 6 nitrogen and oxygen atoms in total. The van der Waals surface area contributed by atoms with Crippen LogP contribution in [-0.2, 0) is 36.7 Å². The van der Waals surface area contributed by atoms with Crippen LogP contribution in [-0.4, -0.2) is 24.7 Å². The van der Waals surface area contributed by atoms with Gasteiger partial charge >= 0.3 is 28.3 Å². The molecule has 0 aliphatic heterocycles. The van der Waals surface area contributed by atoms with E-state index in [9.17, 15) is 14.7 Å². The van der Waals surface area contributed by atoms with Gasteiger partial charge in [0.25, 0.3) is 0 Å². The first-order chi connectivity index (χ1) is 4.57. The molecule has 0 radical (unpaired) electrons. The van der Waals surface area contributed by atoms with Crippen molar-refractivity contribution < 1.29 is 41.8 Å². The zero-order valence-corrected chi connectivity index (χ0v) is 6.86. The maximum absolute atomic E-state index is 10.1. The predicted octanol–water partition coefficient (Wildman–Crippen LogP) is -3.48. The van der Waals surface area contributed by atoms with Crippen LogP contribution in [0.4, 0.5) is 0 Å². The Hall–Kier alpha value is -0.400. The van der Waals surface area contributed by atoms with E-state index < -0.39 is 18.2 Å². The summed E-state index contributed by atoms with van der Waals surface area (Å²) in [7, 11) is 0. The molecule has 0 aliphatic carbocycles. The van der Waals surface area contributed by atoms with Crippen LogP contribution in [0.3, 0.4) is 0 Å². The summed E-state index contributed by atoms with van der Waals surface area (Å²) in [6.45, 7) is -0.126. The van der Waals surface area contributed by atoms with Crippen molar-refractivity contribution in [3.8, 4) is 0 Å². The molecule has 1 atom stereocenters. The number of aliphatic carboxylic acids is 1. The fourth-order valence-corrected chi connectivity index (χ4v) is 0.234. The molecule has 0 spiro atoms. The van der Waals surface area contributed by atoms with E-state index in [4.69, 9.17) is 11.5 Å². The Morgan fingerprint density at radius 2 is 2.00 bits per heavy atom. The molecule has 0 aromatic rings. The quantitative estimate of drug-likeness (QED) is 0.229. The molecule has 0 bridgehead atoms. The molecule has 4 N–H and O–H groups in total. The summed E-state index contributed by atoms with van der Waals surface area (Å²) in [5.41, 5.74) is 9.86. The first kappa shape index (κ1) is 13.2. The van der Waals surface area contributed by atoms with Gasteiger partial charge in [-0.15, -0.1) is 0 Å². The Kier molecular flexibility index (Phi) is 7.59. The molecule has 0 aromatic heterocycles. The van der Waals surface area contributed by atoms with Gasteiger partial charge in [-0.05, 0) is 0 Å². The van der Waals surface area contributed by atoms with Crippen molar-refractivity contribution in [1.82, 2.24) is 0 Å². The largest absolute Gasteiger partial charge is 1.00 e. The Bertz CT molecular complexity index is 151. The van der Waals surface area contributed by atoms with Gasteiger partial charge in [0.1, 0.15) is 0 Å². The number of hydrogen-bond acceptors (Lipinski definition) is 6. The maximum Gasteiger partial charge on any atom is 1.00 e. The number of ether oxygens (including phenoxy) is 1. The molecule has 0 aromatic carbocycles. The second kappa shape index (κ2) is 6.32. The van der Waals surface area contributed by atoms with Crippen molar-refractivity contribution in [2.45, 2.75) is 6.23 Å². The van der Waals surface area contributed by atoms with Crippen LogP contribution in [0.1, 0.15) is 0 Å². The van der Waals surface area contributed by atoms with Crippen LogP contribution in [0.5, 0.6) is 0 Å². The Morgan fingerprint density at radius 1 is 1.55 bits per heavy atom. The Balaban J connectivity index is 0. The zero-order valence-electron chi connectivity index (χ0n) is 5.37. The van der Waals surface area contributed by atoms with Crippen LogP contribution in [0.15, 0.2) is 0 Å². The standard InChI is InChI=1S/C4H8N2O4.Ag/c5-1-2(6)10-4(9)3(7)8;/h2H,1,5-6H2,(H,7,8);/q;+1/p-1. The number of carbonyl (C=O) groups excluding carboxylic acids is 2. The summed E-state index contributed by atoms with van der Waals surface area (Å²) >= 11 is 0. The summed E-state index contributed by atoms with van der Waals surface area (Å²) in [5.74, 6) is -3.43. The molecule has 7 heteroatoms. The summed E-state index contributed by atoms with van der Waals surface area (Å²) in [6.07, 6.45) is -1.08. The van der Waals surface area contributed by atoms with Crippen molar-refractivity contribution in [2.75, 3.05) is 6.54 Å². The monoisotopic (exact) mass is 254 g/mol. The van der Waals surface area contributed by atoms with Gasteiger partial charge in [0.05, 0.1) is 0 Å². The number of carboxylic acid groups (broad SMARTS) is 1. The third kappa shape index (κ3) is 6.02. The normalized spacial score (nSPS) is 11.1. The van der Waals surface area contributed by atoms with Gasteiger partial charge in [-0.2, -0.15) is 0 Å². The number of rotatable bonds is 2. The molecule has 0 rings (SSSR count). The number of nitrogens with two attached hydrogens (primary N) is 2. The smallest absolute Gasteiger partial charge is 0.539 e. The molecule has 0 fully saturated rings. The van der Waals surface area contributed by atoms with Crippen molar-refractivity contribution >= 4 is 11.9 Å². The van der Waals surface area contributed by atoms with Crippen molar-refractivity contribution in [3.05, 3.63) is 0 Å². The third-order valence-electron chi connectivity index (χ3n) is 0.657. The van der Waals surface area contributed by atoms with E-state index >= 15 is 0 Å². The fourth-order valence-electron chi connectivity index (χ4n) is 0.234. The topological polar surface area (TPSA) is 118 Å². The Labute approximate surface area is 78.4 Å². The summed E-state index contributed by atoms with van der Waals surface area (Å²) in [6, 6.07) is 0. The summed E-state index contributed by atoms with van der Waals surface area (Å²) in [5, 5.41) is 9.67. The molecule has 0 saturated heterocycles. The van der Waals surface area contributed by atoms with Gasteiger partial charge < -0.3 is 20.4 Å². The average Bonchev–Trinajstić information content (AvgIpc) is 1.87. The van der Waals surface area contributed by atoms with Crippen molar-refractivity contribution in [1.29, 1.82) is 0 Å². The van der Waals surface area contributed by atoms with Gasteiger partial charge in [-0.25, -0.2) is 4.79 Å². The van der Waals surface area contributed by atoms with Crippen molar-refractivity contribution in [2.24, 2.45) is 11.5 Å². The molecule has 0 aliphatic rings. The van der Waals surface area contributed by atoms with E-state index in [1.54, 1.807) is 0 Å². The first-order valence-electron chi connectivity index (χ1n) is 2.45. The van der Waals surface area contributed by atoms with Crippen LogP contribution >= 0.6 is 0 Å². The van der Waals surface area contributed by atoms with E-state index in [2.05, 4.69) is 4.74 Å². The van der Waals surface area contributed by atoms with Gasteiger partial charge in [0, 0.05) is 6.54 Å². The third-order valence-corrected chi connectivity index (χ3v) is 0.657. The molecule has 0 saturated carbocycles. The van der Waals surface area contributed by atoms with Crippen molar-refractivity contribution in [3.63, 3.8) is 0 Å². The predicted molar refractivity (Wildman–Crippen MR) is 28.1 cm³/mol. The molecule has 0 amide bonds. The molecule has 1 unspecified atom stereocenters. The van der Waals surface area contributed by atoms with Crippen LogP contribution in [0.2, 0.25) is 0 Å². The average molecular weight is 255 g/mol. The molecular weight excluding hydrogens is 248 g/mol. The number of esters is 1. The van der Waals surface area contributed by atoms with Gasteiger partial charge in [0.2, 0.25) is 0 Å². The number of hydrogen-bond donors (Lipinski definition) is 2. The number of carboxylic acids is 1. The number of carbonyl (C=O) groups is 2.